The Bertz CT molecular complexity index is 303. The maximum atomic E-state index is 5.62. The van der Waals surface area contributed by atoms with E-state index in [2.05, 4.69) is 22.5 Å². The molecular formula is C17H36IN3O3. The summed E-state index contributed by atoms with van der Waals surface area (Å²) in [7, 11) is 1.69. The van der Waals surface area contributed by atoms with Crippen LogP contribution in [0.4, 0.5) is 0 Å². The zero-order valence-electron chi connectivity index (χ0n) is 15.3. The highest BCUT2D eigenvalue weighted by Crippen LogP contribution is 2.28. The molecule has 0 aliphatic heterocycles. The van der Waals surface area contributed by atoms with E-state index in [0.29, 0.717) is 13.2 Å². The molecule has 0 spiro atoms. The van der Waals surface area contributed by atoms with Crippen molar-refractivity contribution in [2.45, 2.75) is 39.0 Å². The number of guanidine groups is 1. The molecule has 1 aliphatic carbocycles. The van der Waals surface area contributed by atoms with Crippen LogP contribution in [0.25, 0.3) is 0 Å². The summed E-state index contributed by atoms with van der Waals surface area (Å²) in [6.45, 7) is 8.57. The maximum absolute atomic E-state index is 5.62. The van der Waals surface area contributed by atoms with Gasteiger partial charge < -0.3 is 24.8 Å². The van der Waals surface area contributed by atoms with Crippen LogP contribution in [0.3, 0.4) is 0 Å². The Labute approximate surface area is 164 Å². The van der Waals surface area contributed by atoms with Crippen molar-refractivity contribution in [3.8, 4) is 0 Å². The molecule has 0 aromatic carbocycles. The molecule has 144 valence electrons. The van der Waals surface area contributed by atoms with Gasteiger partial charge in [-0.3, -0.25) is 4.99 Å². The fraction of sp³-hybridized carbons (Fsp3) is 0.941. The number of methoxy groups -OCH3 is 1. The molecule has 2 N–H and O–H groups in total. The van der Waals surface area contributed by atoms with Gasteiger partial charge in [0.1, 0.15) is 0 Å². The van der Waals surface area contributed by atoms with E-state index in [0.717, 1.165) is 70.6 Å². The second-order valence-electron chi connectivity index (χ2n) is 5.87. The van der Waals surface area contributed by atoms with Gasteiger partial charge >= 0.3 is 0 Å². The summed E-state index contributed by atoms with van der Waals surface area (Å²) in [5, 5.41) is 6.63. The van der Waals surface area contributed by atoms with Gasteiger partial charge in [0.25, 0.3) is 0 Å². The van der Waals surface area contributed by atoms with Gasteiger partial charge in [0.05, 0.1) is 13.2 Å². The average molecular weight is 457 g/mol. The monoisotopic (exact) mass is 457 g/mol. The molecule has 0 unspecified atom stereocenters. The number of rotatable bonds is 15. The van der Waals surface area contributed by atoms with Crippen molar-refractivity contribution >= 4 is 29.9 Å². The first kappa shape index (κ1) is 23.9. The molecule has 0 atom stereocenters. The summed E-state index contributed by atoms with van der Waals surface area (Å²) in [6.07, 6.45) is 5.80. The minimum absolute atomic E-state index is 0. The zero-order valence-corrected chi connectivity index (χ0v) is 17.7. The highest BCUT2D eigenvalue weighted by molar-refractivity contribution is 14.0. The van der Waals surface area contributed by atoms with Crippen LogP contribution in [0, 0.1) is 5.92 Å². The number of hydrogen-bond donors (Lipinski definition) is 2. The topological polar surface area (TPSA) is 64.1 Å². The van der Waals surface area contributed by atoms with Gasteiger partial charge in [-0.25, -0.2) is 0 Å². The second kappa shape index (κ2) is 17.7. The van der Waals surface area contributed by atoms with E-state index in [4.69, 9.17) is 14.2 Å². The molecule has 1 rings (SSSR count). The molecule has 0 saturated heterocycles. The van der Waals surface area contributed by atoms with Crippen molar-refractivity contribution in [2.75, 3.05) is 59.8 Å². The largest absolute Gasteiger partial charge is 0.382 e. The Hall–Kier alpha value is -0.120. The lowest BCUT2D eigenvalue weighted by atomic mass is 10.3. The Morgan fingerprint density at radius 2 is 1.79 bits per heavy atom. The van der Waals surface area contributed by atoms with E-state index in [1.807, 2.05) is 0 Å². The van der Waals surface area contributed by atoms with Crippen LogP contribution in [0.5, 0.6) is 0 Å². The van der Waals surface area contributed by atoms with E-state index in [-0.39, 0.29) is 24.0 Å². The van der Waals surface area contributed by atoms with Gasteiger partial charge in [-0.05, 0) is 44.9 Å². The lowest BCUT2D eigenvalue weighted by Gasteiger charge is -2.11. The average Bonchev–Trinajstić information content (AvgIpc) is 3.37. The molecule has 0 amide bonds. The quantitative estimate of drug-likeness (QED) is 0.171. The molecule has 1 aliphatic rings. The van der Waals surface area contributed by atoms with Crippen molar-refractivity contribution in [2.24, 2.45) is 10.9 Å². The number of aliphatic imine (C=N–C) groups is 1. The van der Waals surface area contributed by atoms with E-state index >= 15 is 0 Å². The molecule has 24 heavy (non-hydrogen) atoms. The smallest absolute Gasteiger partial charge is 0.191 e. The maximum Gasteiger partial charge on any atom is 0.191 e. The minimum atomic E-state index is 0. The van der Waals surface area contributed by atoms with Crippen LogP contribution in [-0.4, -0.2) is 65.7 Å². The summed E-state index contributed by atoms with van der Waals surface area (Å²) in [5.74, 6) is 1.74. The third-order valence-corrected chi connectivity index (χ3v) is 3.55. The Kier molecular flexibility index (Phi) is 17.6. The molecule has 0 radical (unpaired) electrons. The molecule has 1 saturated carbocycles. The number of nitrogens with one attached hydrogen (secondary N) is 2. The number of unbranched alkanes of at least 4 members (excludes halogenated alkanes) is 1. The lowest BCUT2D eigenvalue weighted by Crippen LogP contribution is -2.38. The molecule has 0 aromatic rings. The zero-order chi connectivity index (χ0) is 16.6. The Morgan fingerprint density at radius 3 is 2.50 bits per heavy atom. The Morgan fingerprint density at radius 1 is 1.00 bits per heavy atom. The van der Waals surface area contributed by atoms with Crippen LogP contribution in [0.2, 0.25) is 0 Å². The fourth-order valence-corrected chi connectivity index (χ4v) is 2.01. The second-order valence-corrected chi connectivity index (χ2v) is 5.87. The molecule has 0 heterocycles. The normalized spacial score (nSPS) is 14.3. The third kappa shape index (κ3) is 15.4. The van der Waals surface area contributed by atoms with Crippen LogP contribution >= 0.6 is 24.0 Å². The van der Waals surface area contributed by atoms with Crippen LogP contribution < -0.4 is 10.6 Å². The van der Waals surface area contributed by atoms with Gasteiger partial charge in [-0.15, -0.1) is 24.0 Å². The predicted octanol–water partition coefficient (Wildman–Crippen LogP) is 2.42. The van der Waals surface area contributed by atoms with Crippen molar-refractivity contribution in [3.63, 3.8) is 0 Å². The summed E-state index contributed by atoms with van der Waals surface area (Å²) in [6, 6.07) is 0. The molecule has 6 nitrogen and oxygen atoms in total. The highest BCUT2D eigenvalue weighted by atomic mass is 127. The third-order valence-electron chi connectivity index (χ3n) is 3.55. The fourth-order valence-electron chi connectivity index (χ4n) is 2.01. The van der Waals surface area contributed by atoms with Gasteiger partial charge in [-0.2, -0.15) is 0 Å². The predicted molar refractivity (Wildman–Crippen MR) is 109 cm³/mol. The van der Waals surface area contributed by atoms with Crippen LogP contribution in [0.15, 0.2) is 4.99 Å². The Balaban J connectivity index is 0.00000529. The van der Waals surface area contributed by atoms with Crippen molar-refractivity contribution in [3.05, 3.63) is 0 Å². The first-order valence-corrected chi connectivity index (χ1v) is 9.03. The van der Waals surface area contributed by atoms with E-state index in [9.17, 15) is 0 Å². The number of halogens is 1. The van der Waals surface area contributed by atoms with Gasteiger partial charge in [0.2, 0.25) is 0 Å². The van der Waals surface area contributed by atoms with Crippen LogP contribution in [-0.2, 0) is 14.2 Å². The SMILES string of the molecule is CCNC(=NCCCOCC1CC1)NCCCCOCCOC.I. The molecule has 1 fully saturated rings. The molecule has 7 heteroatoms. The first-order chi connectivity index (χ1) is 11.4. The summed E-state index contributed by atoms with van der Waals surface area (Å²) in [5.41, 5.74) is 0. The summed E-state index contributed by atoms with van der Waals surface area (Å²) in [4.78, 5) is 4.57. The van der Waals surface area contributed by atoms with E-state index < -0.39 is 0 Å². The number of nitrogens with zero attached hydrogens (tertiary/aromatic N) is 1. The van der Waals surface area contributed by atoms with Gasteiger partial charge in [-0.1, -0.05) is 0 Å². The van der Waals surface area contributed by atoms with Gasteiger partial charge in [0, 0.05) is 46.6 Å². The van der Waals surface area contributed by atoms with Crippen LogP contribution in [0.1, 0.15) is 39.0 Å². The van der Waals surface area contributed by atoms with Crippen molar-refractivity contribution < 1.29 is 14.2 Å². The number of ether oxygens (including phenoxy) is 3. The molecule has 0 bridgehead atoms. The molecule has 0 aromatic heterocycles. The van der Waals surface area contributed by atoms with Crippen molar-refractivity contribution in [1.29, 1.82) is 0 Å². The van der Waals surface area contributed by atoms with E-state index in [1.54, 1.807) is 7.11 Å². The minimum Gasteiger partial charge on any atom is -0.382 e. The van der Waals surface area contributed by atoms with E-state index in [1.165, 1.54) is 12.8 Å². The van der Waals surface area contributed by atoms with Crippen molar-refractivity contribution in [1.82, 2.24) is 10.6 Å². The standard InChI is InChI=1S/C17H35N3O3.HI/c1-3-18-17(19-9-4-5-11-22-14-13-21-2)20-10-6-12-23-15-16-7-8-16;/h16H,3-15H2,1-2H3,(H2,18,19,20);1H. The molecular weight excluding hydrogens is 421 g/mol. The van der Waals surface area contributed by atoms with Gasteiger partial charge in [0.15, 0.2) is 5.96 Å². The number of hydrogen-bond acceptors (Lipinski definition) is 4. The highest BCUT2D eigenvalue weighted by Gasteiger charge is 2.20. The first-order valence-electron chi connectivity index (χ1n) is 9.03. The lowest BCUT2D eigenvalue weighted by molar-refractivity contribution is 0.0689. The summed E-state index contributed by atoms with van der Waals surface area (Å²) >= 11 is 0. The summed E-state index contributed by atoms with van der Waals surface area (Å²) < 4.78 is 16.0.